The second-order valence-corrected chi connectivity index (χ2v) is 7.23. The van der Waals surface area contributed by atoms with Crippen LogP contribution in [-0.4, -0.2) is 42.9 Å². The van der Waals surface area contributed by atoms with E-state index >= 15 is 0 Å². The monoisotopic (exact) mass is 389 g/mol. The van der Waals surface area contributed by atoms with Crippen LogP contribution in [0.5, 0.6) is 0 Å². The number of halogens is 1. The Kier molecular flexibility index (Phi) is 5.58. The molecule has 6 nitrogen and oxygen atoms in total. The van der Waals surface area contributed by atoms with Gasteiger partial charge in [0.05, 0.1) is 17.5 Å². The standard InChI is InChI=1S/C20H23N3O3.ClH/c1-22(20(25)18-7-4-10-26-18)17-6-3-2-5-14(17)19(24)23-11-13-8-9-16(21)15(13)12-23;/h2-7,10,13,15-16H,8-9,11-12,21H2,1H3;1H. The molecule has 27 heavy (non-hydrogen) atoms. The second-order valence-electron chi connectivity index (χ2n) is 7.23. The van der Waals surface area contributed by atoms with Crippen molar-refractivity contribution in [2.75, 3.05) is 25.0 Å². The molecule has 7 heteroatoms. The summed E-state index contributed by atoms with van der Waals surface area (Å²) in [6, 6.07) is 10.7. The Hall–Kier alpha value is -2.31. The molecule has 2 aromatic rings. The number of hydrogen-bond donors (Lipinski definition) is 1. The van der Waals surface area contributed by atoms with Crippen molar-refractivity contribution in [1.82, 2.24) is 4.90 Å². The molecule has 1 aliphatic heterocycles. The zero-order valence-corrected chi connectivity index (χ0v) is 16.0. The number of furan rings is 1. The molecule has 1 aromatic heterocycles. The van der Waals surface area contributed by atoms with E-state index < -0.39 is 0 Å². The minimum absolute atomic E-state index is 0. The predicted octanol–water partition coefficient (Wildman–Crippen LogP) is 2.79. The summed E-state index contributed by atoms with van der Waals surface area (Å²) in [5, 5.41) is 0. The van der Waals surface area contributed by atoms with Gasteiger partial charge in [-0.3, -0.25) is 9.59 Å². The number of amides is 2. The first-order valence-electron chi connectivity index (χ1n) is 9.01. The molecule has 1 aromatic carbocycles. The minimum atomic E-state index is -0.282. The Bertz CT molecular complexity index is 824. The highest BCUT2D eigenvalue weighted by atomic mass is 35.5. The largest absolute Gasteiger partial charge is 0.459 e. The first-order valence-corrected chi connectivity index (χ1v) is 9.01. The molecule has 0 spiro atoms. The van der Waals surface area contributed by atoms with Crippen LogP contribution in [0.2, 0.25) is 0 Å². The average molecular weight is 390 g/mol. The Morgan fingerprint density at radius 2 is 1.93 bits per heavy atom. The van der Waals surface area contributed by atoms with Gasteiger partial charge in [-0.2, -0.15) is 0 Å². The van der Waals surface area contributed by atoms with E-state index in [0.29, 0.717) is 29.6 Å². The molecular weight excluding hydrogens is 366 g/mol. The molecule has 2 aliphatic rings. The van der Waals surface area contributed by atoms with Gasteiger partial charge in [0, 0.05) is 26.2 Å². The summed E-state index contributed by atoms with van der Waals surface area (Å²) in [6.45, 7) is 1.45. The van der Waals surface area contributed by atoms with Crippen molar-refractivity contribution in [3.05, 3.63) is 54.0 Å². The first kappa shape index (κ1) is 19.5. The quantitative estimate of drug-likeness (QED) is 0.875. The van der Waals surface area contributed by atoms with E-state index in [0.717, 1.165) is 19.4 Å². The van der Waals surface area contributed by atoms with E-state index in [2.05, 4.69) is 0 Å². The normalized spacial score (nSPS) is 23.6. The summed E-state index contributed by atoms with van der Waals surface area (Å²) in [6.07, 6.45) is 3.60. The van der Waals surface area contributed by atoms with E-state index in [1.807, 2.05) is 17.0 Å². The SMILES string of the molecule is CN(C(=O)c1ccco1)c1ccccc1C(=O)N1CC2CCC(N)C2C1.Cl. The molecule has 0 radical (unpaired) electrons. The fraction of sp³-hybridized carbons (Fsp3) is 0.400. The third kappa shape index (κ3) is 3.47. The van der Waals surface area contributed by atoms with Gasteiger partial charge in [-0.25, -0.2) is 0 Å². The highest BCUT2D eigenvalue weighted by Crippen LogP contribution is 2.38. The van der Waals surface area contributed by atoms with Crippen LogP contribution in [0.4, 0.5) is 5.69 Å². The van der Waals surface area contributed by atoms with Crippen LogP contribution in [0.25, 0.3) is 0 Å². The molecule has 2 heterocycles. The van der Waals surface area contributed by atoms with Gasteiger partial charge < -0.3 is 20.0 Å². The second kappa shape index (κ2) is 7.74. The van der Waals surface area contributed by atoms with Crippen molar-refractivity contribution in [3.8, 4) is 0 Å². The molecule has 2 fully saturated rings. The number of hydrogen-bond acceptors (Lipinski definition) is 4. The summed E-state index contributed by atoms with van der Waals surface area (Å²) in [5.41, 5.74) is 7.31. The number of carbonyl (C=O) groups excluding carboxylic acids is 2. The summed E-state index contributed by atoms with van der Waals surface area (Å²) >= 11 is 0. The Morgan fingerprint density at radius 3 is 2.63 bits per heavy atom. The minimum Gasteiger partial charge on any atom is -0.459 e. The number of nitrogens with two attached hydrogens (primary N) is 1. The fourth-order valence-electron chi connectivity index (χ4n) is 4.27. The van der Waals surface area contributed by atoms with Crippen LogP contribution in [0, 0.1) is 11.8 Å². The molecule has 144 valence electrons. The molecular formula is C20H24ClN3O3. The van der Waals surface area contributed by atoms with Crippen LogP contribution >= 0.6 is 12.4 Å². The van der Waals surface area contributed by atoms with Crippen LogP contribution < -0.4 is 10.6 Å². The zero-order valence-electron chi connectivity index (χ0n) is 15.2. The fourth-order valence-corrected chi connectivity index (χ4v) is 4.27. The van der Waals surface area contributed by atoms with E-state index in [1.54, 1.807) is 31.3 Å². The van der Waals surface area contributed by atoms with Crippen molar-refractivity contribution in [2.45, 2.75) is 18.9 Å². The third-order valence-corrected chi connectivity index (χ3v) is 5.73. The topological polar surface area (TPSA) is 79.8 Å². The Morgan fingerprint density at radius 1 is 1.15 bits per heavy atom. The van der Waals surface area contributed by atoms with Crippen LogP contribution in [0.1, 0.15) is 33.8 Å². The average Bonchev–Trinajstić information content (AvgIpc) is 3.39. The van der Waals surface area contributed by atoms with Gasteiger partial charge >= 0.3 is 0 Å². The Balaban J connectivity index is 0.00000210. The predicted molar refractivity (Wildman–Crippen MR) is 105 cm³/mol. The number of anilines is 1. The number of para-hydroxylation sites is 1. The van der Waals surface area contributed by atoms with Gasteiger partial charge in [0.1, 0.15) is 0 Å². The highest BCUT2D eigenvalue weighted by molar-refractivity contribution is 6.09. The van der Waals surface area contributed by atoms with Gasteiger partial charge in [0.15, 0.2) is 5.76 Å². The lowest BCUT2D eigenvalue weighted by atomic mass is 9.98. The summed E-state index contributed by atoms with van der Waals surface area (Å²) in [7, 11) is 1.66. The van der Waals surface area contributed by atoms with Crippen molar-refractivity contribution < 1.29 is 14.0 Å². The maximum absolute atomic E-state index is 13.1. The first-order chi connectivity index (χ1) is 12.6. The Labute approximate surface area is 164 Å². The smallest absolute Gasteiger partial charge is 0.293 e. The van der Waals surface area contributed by atoms with Gasteiger partial charge in [-0.05, 0) is 48.9 Å². The number of fused-ring (bicyclic) bond motifs is 1. The van der Waals surface area contributed by atoms with Crippen molar-refractivity contribution >= 4 is 29.9 Å². The number of likely N-dealkylation sites (tertiary alicyclic amines) is 1. The maximum atomic E-state index is 13.1. The van der Waals surface area contributed by atoms with Crippen molar-refractivity contribution in [2.24, 2.45) is 17.6 Å². The molecule has 2 amide bonds. The van der Waals surface area contributed by atoms with E-state index in [1.165, 1.54) is 11.2 Å². The van der Waals surface area contributed by atoms with Crippen LogP contribution in [0.15, 0.2) is 47.1 Å². The van der Waals surface area contributed by atoms with Crippen molar-refractivity contribution in [1.29, 1.82) is 0 Å². The molecule has 2 N–H and O–H groups in total. The van der Waals surface area contributed by atoms with E-state index in [9.17, 15) is 9.59 Å². The molecule has 3 unspecified atom stereocenters. The lowest BCUT2D eigenvalue weighted by molar-refractivity contribution is 0.0780. The van der Waals surface area contributed by atoms with Gasteiger partial charge in [-0.15, -0.1) is 12.4 Å². The van der Waals surface area contributed by atoms with Gasteiger partial charge in [0.2, 0.25) is 0 Å². The number of benzene rings is 1. The van der Waals surface area contributed by atoms with Gasteiger partial charge in [-0.1, -0.05) is 12.1 Å². The third-order valence-electron chi connectivity index (χ3n) is 5.73. The zero-order chi connectivity index (χ0) is 18.3. The summed E-state index contributed by atoms with van der Waals surface area (Å²) < 4.78 is 5.20. The lowest BCUT2D eigenvalue weighted by Gasteiger charge is -2.23. The highest BCUT2D eigenvalue weighted by Gasteiger charge is 2.43. The molecule has 0 bridgehead atoms. The van der Waals surface area contributed by atoms with Crippen LogP contribution in [-0.2, 0) is 0 Å². The molecule has 1 saturated heterocycles. The maximum Gasteiger partial charge on any atom is 0.293 e. The lowest BCUT2D eigenvalue weighted by Crippen LogP contribution is -2.35. The van der Waals surface area contributed by atoms with E-state index in [-0.39, 0.29) is 36.0 Å². The number of rotatable bonds is 3. The molecule has 1 aliphatic carbocycles. The van der Waals surface area contributed by atoms with Crippen LogP contribution in [0.3, 0.4) is 0 Å². The number of carbonyl (C=O) groups is 2. The molecule has 3 atom stereocenters. The van der Waals surface area contributed by atoms with Gasteiger partial charge in [0.25, 0.3) is 11.8 Å². The molecule has 1 saturated carbocycles. The summed E-state index contributed by atoms with van der Waals surface area (Å²) in [4.78, 5) is 29.1. The number of nitrogens with zero attached hydrogens (tertiary/aromatic N) is 2. The van der Waals surface area contributed by atoms with Crippen molar-refractivity contribution in [3.63, 3.8) is 0 Å². The summed E-state index contributed by atoms with van der Waals surface area (Å²) in [5.74, 6) is 0.825. The van der Waals surface area contributed by atoms with E-state index in [4.69, 9.17) is 10.2 Å². The molecule has 4 rings (SSSR count).